The largest absolute Gasteiger partial charge is 0.544 e. The molecule has 0 radical (unpaired) electrons. The van der Waals surface area contributed by atoms with E-state index in [1.54, 1.807) is 21.1 Å². The Labute approximate surface area is 262 Å². The number of carbonyl (C=O) groups is 3. The third kappa shape index (κ3) is 25.7. The van der Waals surface area contributed by atoms with Gasteiger partial charge in [-0.05, 0) is 38.5 Å². The molecule has 0 amide bonds. The van der Waals surface area contributed by atoms with E-state index in [2.05, 4.69) is 50.3 Å². The molecule has 248 valence electrons. The highest BCUT2D eigenvalue weighted by atomic mass is 16.6. The summed E-state index contributed by atoms with van der Waals surface area (Å²) in [5.41, 5.74) is 0. The van der Waals surface area contributed by atoms with Crippen molar-refractivity contribution < 1.29 is 38.2 Å². The van der Waals surface area contributed by atoms with Crippen molar-refractivity contribution in [3.05, 3.63) is 36.5 Å². The Morgan fingerprint density at radius 3 is 1.91 bits per heavy atom. The number of nitrogens with zero attached hydrogens (tertiary/aromatic N) is 1. The van der Waals surface area contributed by atoms with Gasteiger partial charge in [-0.2, -0.15) is 0 Å². The highest BCUT2D eigenvalue weighted by Gasteiger charge is 2.25. The van der Waals surface area contributed by atoms with E-state index in [4.69, 9.17) is 14.2 Å². The van der Waals surface area contributed by atoms with Crippen molar-refractivity contribution in [2.24, 2.45) is 0 Å². The normalized spacial score (nSPS) is 13.6. The number of rotatable bonds is 28. The van der Waals surface area contributed by atoms with Crippen molar-refractivity contribution in [1.82, 2.24) is 0 Å². The van der Waals surface area contributed by atoms with E-state index in [9.17, 15) is 19.5 Å². The van der Waals surface area contributed by atoms with Crippen LogP contribution in [0.2, 0.25) is 0 Å². The number of quaternary nitrogens is 1. The van der Waals surface area contributed by atoms with Gasteiger partial charge in [0, 0.05) is 19.3 Å². The number of carboxylic acids is 1. The fraction of sp³-hybridized carbons (Fsp3) is 0.743. The second-order valence-corrected chi connectivity index (χ2v) is 12.0. The molecule has 0 aliphatic carbocycles. The highest BCUT2D eigenvalue weighted by Crippen LogP contribution is 2.12. The lowest BCUT2D eigenvalue weighted by Crippen LogP contribution is -2.55. The van der Waals surface area contributed by atoms with Crippen molar-refractivity contribution in [3.63, 3.8) is 0 Å². The first-order valence-corrected chi connectivity index (χ1v) is 16.5. The molecule has 0 bridgehead atoms. The lowest BCUT2D eigenvalue weighted by molar-refractivity contribution is -0.889. The van der Waals surface area contributed by atoms with Gasteiger partial charge in [-0.25, -0.2) is 0 Å². The molecule has 0 spiro atoms. The molecule has 0 fully saturated rings. The zero-order chi connectivity index (χ0) is 32.2. The SMILES string of the molecule is CC/C=C/C/C=C/C/C=C/CCCC(=O)OCC(COCCC(C(=O)[O-])[N+](C)(C)C)OC(=O)CCCCCCCCCC. The van der Waals surface area contributed by atoms with Crippen LogP contribution in [0.5, 0.6) is 0 Å². The summed E-state index contributed by atoms with van der Waals surface area (Å²) in [7, 11) is 5.36. The molecule has 2 atom stereocenters. The summed E-state index contributed by atoms with van der Waals surface area (Å²) in [6.07, 6.45) is 26.2. The van der Waals surface area contributed by atoms with Crippen LogP contribution >= 0.6 is 0 Å². The molecule has 43 heavy (non-hydrogen) atoms. The first kappa shape index (κ1) is 40.5. The van der Waals surface area contributed by atoms with Crippen molar-refractivity contribution in [2.75, 3.05) is 41.0 Å². The number of esters is 2. The number of aliphatic carboxylic acids is 1. The Hall–Kier alpha value is -2.45. The molecule has 0 saturated heterocycles. The number of hydrogen-bond donors (Lipinski definition) is 0. The number of allylic oxidation sites excluding steroid dienone is 6. The minimum Gasteiger partial charge on any atom is -0.544 e. The van der Waals surface area contributed by atoms with Crippen molar-refractivity contribution >= 4 is 17.9 Å². The lowest BCUT2D eigenvalue weighted by atomic mass is 10.1. The maximum absolute atomic E-state index is 12.5. The Morgan fingerprint density at radius 1 is 0.721 bits per heavy atom. The van der Waals surface area contributed by atoms with E-state index >= 15 is 0 Å². The average Bonchev–Trinajstić information content (AvgIpc) is 2.94. The zero-order valence-corrected chi connectivity index (χ0v) is 27.9. The summed E-state index contributed by atoms with van der Waals surface area (Å²) in [5, 5.41) is 11.5. The lowest BCUT2D eigenvalue weighted by Gasteiger charge is -2.34. The molecule has 0 N–H and O–H groups in total. The predicted molar refractivity (Wildman–Crippen MR) is 171 cm³/mol. The summed E-state index contributed by atoms with van der Waals surface area (Å²) in [4.78, 5) is 36.3. The number of carboxylic acid groups (broad SMARTS) is 1. The average molecular weight is 608 g/mol. The summed E-state index contributed by atoms with van der Waals surface area (Å²) in [6, 6.07) is -0.728. The number of likely N-dealkylation sites (N-methyl/N-ethyl adjacent to an activating group) is 1. The van der Waals surface area contributed by atoms with E-state index in [1.165, 1.54) is 32.1 Å². The smallest absolute Gasteiger partial charge is 0.306 e. The minimum absolute atomic E-state index is 0.0256. The topological polar surface area (TPSA) is 102 Å². The molecule has 0 saturated carbocycles. The maximum atomic E-state index is 12.5. The highest BCUT2D eigenvalue weighted by molar-refractivity contribution is 5.70. The van der Waals surface area contributed by atoms with E-state index in [1.807, 2.05) is 0 Å². The number of ether oxygens (including phenoxy) is 3. The fourth-order valence-electron chi connectivity index (χ4n) is 4.44. The molecule has 0 aromatic heterocycles. The molecule has 8 nitrogen and oxygen atoms in total. The number of carbonyl (C=O) groups excluding carboxylic acids is 3. The molecule has 0 aromatic rings. The van der Waals surface area contributed by atoms with Crippen LogP contribution in [0.4, 0.5) is 0 Å². The van der Waals surface area contributed by atoms with Gasteiger partial charge in [-0.1, -0.05) is 95.2 Å². The molecule has 0 aliphatic rings. The molecular formula is C35H61NO7. The quantitative estimate of drug-likeness (QED) is 0.0450. The van der Waals surface area contributed by atoms with E-state index in [0.717, 1.165) is 44.9 Å². The third-order valence-corrected chi connectivity index (χ3v) is 7.04. The summed E-state index contributed by atoms with van der Waals surface area (Å²) >= 11 is 0. The fourth-order valence-corrected chi connectivity index (χ4v) is 4.44. The van der Waals surface area contributed by atoms with Crippen LogP contribution < -0.4 is 5.11 Å². The van der Waals surface area contributed by atoms with E-state index in [0.29, 0.717) is 12.8 Å². The van der Waals surface area contributed by atoms with Gasteiger partial charge in [0.25, 0.3) is 0 Å². The Balaban J connectivity index is 4.57. The van der Waals surface area contributed by atoms with Gasteiger partial charge >= 0.3 is 11.9 Å². The van der Waals surface area contributed by atoms with Crippen LogP contribution in [0.3, 0.4) is 0 Å². The van der Waals surface area contributed by atoms with Crippen LogP contribution in [-0.2, 0) is 28.6 Å². The van der Waals surface area contributed by atoms with Gasteiger partial charge in [0.2, 0.25) is 0 Å². The minimum atomic E-state index is -1.13. The summed E-state index contributed by atoms with van der Waals surface area (Å²) < 4.78 is 16.9. The van der Waals surface area contributed by atoms with Crippen LogP contribution in [0, 0.1) is 0 Å². The molecule has 0 aliphatic heterocycles. The van der Waals surface area contributed by atoms with Gasteiger partial charge in [-0.15, -0.1) is 0 Å². The van der Waals surface area contributed by atoms with E-state index in [-0.39, 0.29) is 49.1 Å². The third-order valence-electron chi connectivity index (χ3n) is 7.04. The van der Waals surface area contributed by atoms with Gasteiger partial charge < -0.3 is 28.6 Å². The first-order valence-electron chi connectivity index (χ1n) is 16.5. The monoisotopic (exact) mass is 607 g/mol. The standard InChI is InChI=1S/C35H61NO7/c1-6-8-10-12-14-16-17-18-20-21-23-25-33(37)42-30-31(29-41-28-27-32(35(39)40)36(3,4)5)43-34(38)26-24-22-19-15-13-11-9-7-2/h8,10,14,16,18,20,31-32H,6-7,9,11-13,15,17,19,21-30H2,1-5H3/b10-8+,16-14+,20-18+. The van der Waals surface area contributed by atoms with Crippen LogP contribution in [0.1, 0.15) is 117 Å². The maximum Gasteiger partial charge on any atom is 0.306 e. The molecule has 8 heteroatoms. The van der Waals surface area contributed by atoms with Crippen molar-refractivity contribution in [1.29, 1.82) is 0 Å². The van der Waals surface area contributed by atoms with Gasteiger partial charge in [0.1, 0.15) is 12.6 Å². The number of unbranched alkanes of at least 4 members (excludes halogenated alkanes) is 8. The predicted octanol–water partition coefficient (Wildman–Crippen LogP) is 6.23. The van der Waals surface area contributed by atoms with Gasteiger partial charge in [-0.3, -0.25) is 9.59 Å². The molecule has 0 heterocycles. The van der Waals surface area contributed by atoms with Crippen LogP contribution in [0.25, 0.3) is 0 Å². The van der Waals surface area contributed by atoms with Crippen molar-refractivity contribution in [2.45, 2.75) is 129 Å². The van der Waals surface area contributed by atoms with Gasteiger partial charge in [0.15, 0.2) is 6.10 Å². The van der Waals surface area contributed by atoms with Crippen molar-refractivity contribution in [3.8, 4) is 0 Å². The molecule has 0 aromatic carbocycles. The Kier molecular flexibility index (Phi) is 25.6. The molecule has 0 rings (SSSR count). The summed E-state index contributed by atoms with van der Waals surface area (Å²) in [6.45, 7) is 4.41. The molecular weight excluding hydrogens is 546 g/mol. The van der Waals surface area contributed by atoms with Gasteiger partial charge in [0.05, 0.1) is 40.3 Å². The van der Waals surface area contributed by atoms with Crippen LogP contribution in [0.15, 0.2) is 36.5 Å². The van der Waals surface area contributed by atoms with Crippen LogP contribution in [-0.4, -0.2) is 75.5 Å². The first-order chi connectivity index (χ1) is 20.6. The molecule has 2 unspecified atom stereocenters. The summed E-state index contributed by atoms with van der Waals surface area (Å²) in [5.74, 6) is -1.82. The zero-order valence-electron chi connectivity index (χ0n) is 27.9. The Morgan fingerprint density at radius 2 is 1.30 bits per heavy atom. The second kappa shape index (κ2) is 27.1. The second-order valence-electron chi connectivity index (χ2n) is 12.0. The van der Waals surface area contributed by atoms with E-state index < -0.39 is 18.1 Å². The Bertz CT molecular complexity index is 813. The number of hydrogen-bond acceptors (Lipinski definition) is 7.